The summed E-state index contributed by atoms with van der Waals surface area (Å²) in [7, 11) is 1.84. The Morgan fingerprint density at radius 1 is 1.15 bits per heavy atom. The minimum atomic E-state index is -0.759. The van der Waals surface area contributed by atoms with Crippen LogP contribution in [0.4, 0.5) is 0 Å². The van der Waals surface area contributed by atoms with Gasteiger partial charge in [0.25, 0.3) is 0 Å². The predicted octanol–water partition coefficient (Wildman–Crippen LogP) is 1.76. The molecule has 1 aliphatic heterocycles. The van der Waals surface area contributed by atoms with Crippen LogP contribution in [0.15, 0.2) is 0 Å². The second-order valence-electron chi connectivity index (χ2n) is 6.15. The first-order valence-electron chi connectivity index (χ1n) is 7.63. The van der Waals surface area contributed by atoms with Gasteiger partial charge in [0, 0.05) is 32.7 Å². The van der Waals surface area contributed by atoms with E-state index in [0.29, 0.717) is 18.8 Å². The van der Waals surface area contributed by atoms with Gasteiger partial charge in [-0.05, 0) is 44.4 Å². The van der Waals surface area contributed by atoms with Crippen molar-refractivity contribution in [3.63, 3.8) is 0 Å². The summed E-state index contributed by atoms with van der Waals surface area (Å²) in [5.41, 5.74) is 0. The summed E-state index contributed by atoms with van der Waals surface area (Å²) in [5, 5.41) is 8.99. The van der Waals surface area contributed by atoms with Gasteiger partial charge in [0.05, 0.1) is 5.92 Å². The molecule has 0 aromatic heterocycles. The van der Waals surface area contributed by atoms with E-state index in [9.17, 15) is 9.59 Å². The summed E-state index contributed by atoms with van der Waals surface area (Å²) in [4.78, 5) is 25.0. The van der Waals surface area contributed by atoms with E-state index in [0.717, 1.165) is 45.4 Å². The summed E-state index contributed by atoms with van der Waals surface area (Å²) in [5.74, 6) is -0.385. The summed E-state index contributed by atoms with van der Waals surface area (Å²) in [6, 6.07) is 0. The first kappa shape index (κ1) is 15.3. The molecule has 1 saturated carbocycles. The average Bonchev–Trinajstić information content (AvgIpc) is 2.95. The monoisotopic (exact) mass is 283 g/mol. The van der Waals surface area contributed by atoms with E-state index in [1.54, 1.807) is 4.90 Å². The standard InChI is InChI=1S/C15H25NO4/c1-16(7-4-11-5-8-20-9-6-11)14(17)12-2-3-13(10-12)15(18)19/h11-13H,2-10H2,1H3,(H,18,19)/t12-,13+/m1/s1. The number of carboxylic acids is 1. The first-order chi connectivity index (χ1) is 9.58. The Labute approximate surface area is 120 Å². The number of rotatable bonds is 5. The fourth-order valence-corrected chi connectivity index (χ4v) is 3.26. The minimum Gasteiger partial charge on any atom is -0.481 e. The van der Waals surface area contributed by atoms with Gasteiger partial charge >= 0.3 is 5.97 Å². The van der Waals surface area contributed by atoms with E-state index in [1.807, 2.05) is 7.05 Å². The lowest BCUT2D eigenvalue weighted by atomic mass is 9.96. The van der Waals surface area contributed by atoms with Crippen molar-refractivity contribution in [2.75, 3.05) is 26.8 Å². The van der Waals surface area contributed by atoms with Crippen LogP contribution in [0.3, 0.4) is 0 Å². The quantitative estimate of drug-likeness (QED) is 0.835. The highest BCUT2D eigenvalue weighted by atomic mass is 16.5. The van der Waals surface area contributed by atoms with Crippen molar-refractivity contribution in [3.05, 3.63) is 0 Å². The zero-order valence-corrected chi connectivity index (χ0v) is 12.2. The third-order valence-corrected chi connectivity index (χ3v) is 4.72. The number of hydrogen-bond donors (Lipinski definition) is 1. The normalized spacial score (nSPS) is 27.4. The Morgan fingerprint density at radius 3 is 2.40 bits per heavy atom. The van der Waals surface area contributed by atoms with Crippen molar-refractivity contribution in [2.24, 2.45) is 17.8 Å². The van der Waals surface area contributed by atoms with Crippen molar-refractivity contribution in [3.8, 4) is 0 Å². The molecule has 1 amide bonds. The van der Waals surface area contributed by atoms with Crippen molar-refractivity contribution in [1.29, 1.82) is 0 Å². The van der Waals surface area contributed by atoms with Gasteiger partial charge in [-0.2, -0.15) is 0 Å². The molecule has 114 valence electrons. The van der Waals surface area contributed by atoms with Crippen LogP contribution in [-0.2, 0) is 14.3 Å². The Balaban J connectivity index is 1.73. The second-order valence-corrected chi connectivity index (χ2v) is 6.15. The smallest absolute Gasteiger partial charge is 0.306 e. The summed E-state index contributed by atoms with van der Waals surface area (Å²) < 4.78 is 5.33. The maximum absolute atomic E-state index is 12.3. The minimum absolute atomic E-state index is 0.0872. The molecule has 2 fully saturated rings. The molecule has 1 aliphatic carbocycles. The molecular formula is C15H25NO4. The van der Waals surface area contributed by atoms with E-state index in [2.05, 4.69) is 0 Å². The number of hydrogen-bond acceptors (Lipinski definition) is 3. The molecule has 0 bridgehead atoms. The number of amides is 1. The van der Waals surface area contributed by atoms with Gasteiger partial charge in [-0.15, -0.1) is 0 Å². The molecule has 5 nitrogen and oxygen atoms in total. The van der Waals surface area contributed by atoms with Crippen LogP contribution in [0.5, 0.6) is 0 Å². The number of carboxylic acid groups (broad SMARTS) is 1. The highest BCUT2D eigenvalue weighted by molar-refractivity contribution is 5.80. The van der Waals surface area contributed by atoms with Gasteiger partial charge in [0.2, 0.25) is 5.91 Å². The zero-order chi connectivity index (χ0) is 14.5. The molecule has 1 heterocycles. The molecule has 1 saturated heterocycles. The molecule has 1 N–H and O–H groups in total. The second kappa shape index (κ2) is 7.07. The maximum Gasteiger partial charge on any atom is 0.306 e. The van der Waals surface area contributed by atoms with E-state index in [4.69, 9.17) is 9.84 Å². The van der Waals surface area contributed by atoms with Crippen LogP contribution in [-0.4, -0.2) is 48.7 Å². The van der Waals surface area contributed by atoms with E-state index in [1.165, 1.54) is 0 Å². The highest BCUT2D eigenvalue weighted by Gasteiger charge is 2.35. The summed E-state index contributed by atoms with van der Waals surface area (Å²) >= 11 is 0. The van der Waals surface area contributed by atoms with E-state index in [-0.39, 0.29) is 17.7 Å². The van der Waals surface area contributed by atoms with Gasteiger partial charge in [0.1, 0.15) is 0 Å². The van der Waals surface area contributed by atoms with Crippen LogP contribution in [0.25, 0.3) is 0 Å². The lowest BCUT2D eigenvalue weighted by Crippen LogP contribution is -2.34. The predicted molar refractivity (Wildman–Crippen MR) is 74.3 cm³/mol. The number of carbonyl (C=O) groups is 2. The maximum atomic E-state index is 12.3. The molecule has 20 heavy (non-hydrogen) atoms. The van der Waals surface area contributed by atoms with Crippen LogP contribution in [0, 0.1) is 17.8 Å². The molecule has 2 atom stereocenters. The molecule has 2 aliphatic rings. The fraction of sp³-hybridized carbons (Fsp3) is 0.867. The summed E-state index contributed by atoms with van der Waals surface area (Å²) in [6.07, 6.45) is 5.08. The van der Waals surface area contributed by atoms with E-state index < -0.39 is 5.97 Å². The first-order valence-corrected chi connectivity index (χ1v) is 7.63. The molecule has 0 spiro atoms. The van der Waals surface area contributed by atoms with Gasteiger partial charge in [-0.3, -0.25) is 9.59 Å². The largest absolute Gasteiger partial charge is 0.481 e. The van der Waals surface area contributed by atoms with Crippen LogP contribution >= 0.6 is 0 Å². The lowest BCUT2D eigenvalue weighted by Gasteiger charge is -2.26. The Kier molecular flexibility index (Phi) is 5.40. The summed E-state index contributed by atoms with van der Waals surface area (Å²) in [6.45, 7) is 2.45. The third kappa shape index (κ3) is 3.95. The van der Waals surface area contributed by atoms with Gasteiger partial charge < -0.3 is 14.7 Å². The van der Waals surface area contributed by atoms with Crippen LogP contribution in [0.1, 0.15) is 38.5 Å². The molecule has 5 heteroatoms. The van der Waals surface area contributed by atoms with Crippen molar-refractivity contribution in [2.45, 2.75) is 38.5 Å². The molecule has 0 aromatic carbocycles. The average molecular weight is 283 g/mol. The fourth-order valence-electron chi connectivity index (χ4n) is 3.26. The molecule has 2 rings (SSSR count). The lowest BCUT2D eigenvalue weighted by molar-refractivity contribution is -0.141. The number of ether oxygens (including phenoxy) is 1. The SMILES string of the molecule is CN(CCC1CCOCC1)C(=O)[C@@H]1CC[C@H](C(=O)O)C1. The number of nitrogens with zero attached hydrogens (tertiary/aromatic N) is 1. The molecular weight excluding hydrogens is 258 g/mol. The van der Waals surface area contributed by atoms with E-state index >= 15 is 0 Å². The van der Waals surface area contributed by atoms with Gasteiger partial charge in [0.15, 0.2) is 0 Å². The van der Waals surface area contributed by atoms with Crippen molar-refractivity contribution < 1.29 is 19.4 Å². The van der Waals surface area contributed by atoms with Gasteiger partial charge in [-0.1, -0.05) is 0 Å². The molecule has 0 unspecified atom stereocenters. The molecule has 0 aromatic rings. The van der Waals surface area contributed by atoms with Crippen molar-refractivity contribution >= 4 is 11.9 Å². The van der Waals surface area contributed by atoms with Gasteiger partial charge in [-0.25, -0.2) is 0 Å². The van der Waals surface area contributed by atoms with Crippen LogP contribution < -0.4 is 0 Å². The number of carbonyl (C=O) groups excluding carboxylic acids is 1. The topological polar surface area (TPSA) is 66.8 Å². The molecule has 0 radical (unpaired) electrons. The highest BCUT2D eigenvalue weighted by Crippen LogP contribution is 2.32. The Bertz CT molecular complexity index is 352. The van der Waals surface area contributed by atoms with Crippen molar-refractivity contribution in [1.82, 2.24) is 4.90 Å². The Hall–Kier alpha value is -1.10. The van der Waals surface area contributed by atoms with Crippen LogP contribution in [0.2, 0.25) is 0 Å². The third-order valence-electron chi connectivity index (χ3n) is 4.72. The Morgan fingerprint density at radius 2 is 1.80 bits per heavy atom. The number of aliphatic carboxylic acids is 1. The zero-order valence-electron chi connectivity index (χ0n) is 12.2.